The smallest absolute Gasteiger partial charge is 0.338 e. The van der Waals surface area contributed by atoms with E-state index in [-0.39, 0.29) is 6.10 Å². The van der Waals surface area contributed by atoms with Crippen LogP contribution in [0.4, 0.5) is 0 Å². The van der Waals surface area contributed by atoms with Crippen LogP contribution < -0.4 is 14.2 Å². The Hall–Kier alpha value is -1.95. The first-order chi connectivity index (χ1) is 12.4. The van der Waals surface area contributed by atoms with Crippen molar-refractivity contribution in [3.63, 3.8) is 0 Å². The molecule has 0 spiro atoms. The Morgan fingerprint density at radius 1 is 1.08 bits per heavy atom. The van der Waals surface area contributed by atoms with Gasteiger partial charge < -0.3 is 18.9 Å². The van der Waals surface area contributed by atoms with Crippen molar-refractivity contribution in [1.29, 1.82) is 0 Å². The maximum absolute atomic E-state index is 12.6. The van der Waals surface area contributed by atoms with Gasteiger partial charge in [-0.05, 0) is 45.7 Å². The van der Waals surface area contributed by atoms with Gasteiger partial charge >= 0.3 is 5.97 Å². The molecule has 1 aliphatic heterocycles. The van der Waals surface area contributed by atoms with E-state index >= 15 is 0 Å². The standard InChI is InChI=1S/C20H31NO5/c1-13-8-7-9-14(2)21(13)12-15(3)26-20(22)16-10-17(23-4)19(25-6)18(11-16)24-5/h10-11,13-15H,7-9,12H2,1-6H3/t13-,14+,15-/m1/s1. The molecule has 3 atom stereocenters. The number of hydrogen-bond acceptors (Lipinski definition) is 6. The third-order valence-corrected chi connectivity index (χ3v) is 5.05. The molecule has 0 amide bonds. The van der Waals surface area contributed by atoms with Crippen LogP contribution in [0.15, 0.2) is 12.1 Å². The lowest BCUT2D eigenvalue weighted by molar-refractivity contribution is 0.00806. The van der Waals surface area contributed by atoms with Gasteiger partial charge in [-0.1, -0.05) is 6.42 Å². The minimum absolute atomic E-state index is 0.204. The molecule has 26 heavy (non-hydrogen) atoms. The molecule has 2 rings (SSSR count). The summed E-state index contributed by atoms with van der Waals surface area (Å²) in [6, 6.07) is 4.26. The molecule has 1 aliphatic rings. The van der Waals surface area contributed by atoms with E-state index in [9.17, 15) is 4.79 Å². The Kier molecular flexibility index (Phi) is 7.14. The van der Waals surface area contributed by atoms with Gasteiger partial charge in [0, 0.05) is 18.6 Å². The maximum Gasteiger partial charge on any atom is 0.338 e. The topological polar surface area (TPSA) is 57.2 Å². The van der Waals surface area contributed by atoms with Crippen molar-refractivity contribution in [1.82, 2.24) is 4.90 Å². The number of carbonyl (C=O) groups is 1. The van der Waals surface area contributed by atoms with E-state index in [0.29, 0.717) is 34.9 Å². The summed E-state index contributed by atoms with van der Waals surface area (Å²) in [6.07, 6.45) is 3.44. The van der Waals surface area contributed by atoms with E-state index in [2.05, 4.69) is 18.7 Å². The van der Waals surface area contributed by atoms with Crippen LogP contribution in [0.3, 0.4) is 0 Å². The van der Waals surface area contributed by atoms with Crippen LogP contribution in [0.5, 0.6) is 17.2 Å². The quantitative estimate of drug-likeness (QED) is 0.689. The Labute approximate surface area is 156 Å². The maximum atomic E-state index is 12.6. The number of nitrogens with zero attached hydrogens (tertiary/aromatic N) is 1. The van der Waals surface area contributed by atoms with Crippen LogP contribution in [0.25, 0.3) is 0 Å². The highest BCUT2D eigenvalue weighted by atomic mass is 16.5. The summed E-state index contributed by atoms with van der Waals surface area (Å²) < 4.78 is 21.6. The van der Waals surface area contributed by atoms with Crippen LogP contribution in [-0.2, 0) is 4.74 Å². The number of carbonyl (C=O) groups excluding carboxylic acids is 1. The highest BCUT2D eigenvalue weighted by Gasteiger charge is 2.27. The SMILES string of the molecule is COc1cc(C(=O)O[C@H](C)CN2[C@H](C)CCC[C@@H]2C)cc(OC)c1OC. The molecule has 6 nitrogen and oxygen atoms in total. The van der Waals surface area contributed by atoms with Crippen molar-refractivity contribution in [3.8, 4) is 17.2 Å². The molecule has 0 bridgehead atoms. The van der Waals surface area contributed by atoms with Gasteiger partial charge in [-0.25, -0.2) is 4.79 Å². The fourth-order valence-electron chi connectivity index (χ4n) is 3.62. The highest BCUT2D eigenvalue weighted by Crippen LogP contribution is 2.38. The van der Waals surface area contributed by atoms with Crippen molar-refractivity contribution in [2.24, 2.45) is 0 Å². The lowest BCUT2D eigenvalue weighted by Gasteiger charge is -2.40. The van der Waals surface area contributed by atoms with E-state index in [1.165, 1.54) is 40.6 Å². The van der Waals surface area contributed by atoms with Crippen LogP contribution in [0.1, 0.15) is 50.4 Å². The van der Waals surface area contributed by atoms with E-state index in [4.69, 9.17) is 18.9 Å². The van der Waals surface area contributed by atoms with E-state index in [1.807, 2.05) is 6.92 Å². The first-order valence-corrected chi connectivity index (χ1v) is 9.18. The summed E-state index contributed by atoms with van der Waals surface area (Å²) in [5, 5.41) is 0. The van der Waals surface area contributed by atoms with Gasteiger partial charge in [0.1, 0.15) is 6.10 Å². The Bertz CT molecular complexity index is 583. The summed E-state index contributed by atoms with van der Waals surface area (Å²) in [5.74, 6) is 0.930. The van der Waals surface area contributed by atoms with Crippen molar-refractivity contribution in [2.75, 3.05) is 27.9 Å². The summed E-state index contributed by atoms with van der Waals surface area (Å²) in [4.78, 5) is 15.0. The monoisotopic (exact) mass is 365 g/mol. The summed E-state index contributed by atoms with van der Waals surface area (Å²) in [6.45, 7) is 7.15. The average Bonchev–Trinajstić information content (AvgIpc) is 2.63. The molecule has 1 heterocycles. The molecular weight excluding hydrogens is 334 g/mol. The molecule has 0 aromatic heterocycles. The Morgan fingerprint density at radius 3 is 2.08 bits per heavy atom. The second-order valence-corrected chi connectivity index (χ2v) is 6.96. The normalized spacial score (nSPS) is 21.8. The number of likely N-dealkylation sites (tertiary alicyclic amines) is 1. The van der Waals surface area contributed by atoms with Crippen LogP contribution in [-0.4, -0.2) is 56.9 Å². The Balaban J connectivity index is 2.09. The van der Waals surface area contributed by atoms with Crippen molar-refractivity contribution >= 4 is 5.97 Å². The van der Waals surface area contributed by atoms with E-state index in [1.54, 1.807) is 12.1 Å². The van der Waals surface area contributed by atoms with Gasteiger partial charge in [0.15, 0.2) is 11.5 Å². The zero-order chi connectivity index (χ0) is 19.3. The number of benzene rings is 1. The number of hydrogen-bond donors (Lipinski definition) is 0. The van der Waals surface area contributed by atoms with Crippen molar-refractivity contribution < 1.29 is 23.7 Å². The molecule has 6 heteroatoms. The predicted molar refractivity (Wildman–Crippen MR) is 100 cm³/mol. The lowest BCUT2D eigenvalue weighted by Crippen LogP contribution is -2.47. The largest absolute Gasteiger partial charge is 0.493 e. The average molecular weight is 365 g/mol. The molecule has 0 N–H and O–H groups in total. The first kappa shape index (κ1) is 20.4. The molecule has 1 saturated heterocycles. The molecule has 1 aromatic rings. The molecule has 1 aromatic carbocycles. The van der Waals surface area contributed by atoms with E-state index in [0.717, 1.165) is 6.54 Å². The minimum Gasteiger partial charge on any atom is -0.493 e. The number of esters is 1. The Morgan fingerprint density at radius 2 is 1.62 bits per heavy atom. The predicted octanol–water partition coefficient (Wildman–Crippen LogP) is 3.52. The van der Waals surface area contributed by atoms with Crippen molar-refractivity contribution in [3.05, 3.63) is 17.7 Å². The molecule has 0 aliphatic carbocycles. The van der Waals surface area contributed by atoms with Crippen LogP contribution in [0.2, 0.25) is 0 Å². The number of methoxy groups -OCH3 is 3. The third-order valence-electron chi connectivity index (χ3n) is 5.05. The fourth-order valence-corrected chi connectivity index (χ4v) is 3.62. The second-order valence-electron chi connectivity index (χ2n) is 6.96. The molecule has 0 saturated carbocycles. The highest BCUT2D eigenvalue weighted by molar-refractivity contribution is 5.91. The van der Waals surface area contributed by atoms with E-state index < -0.39 is 5.97 Å². The second kappa shape index (κ2) is 9.12. The van der Waals surface area contributed by atoms with Gasteiger partial charge in [-0.3, -0.25) is 4.90 Å². The molecule has 146 valence electrons. The van der Waals surface area contributed by atoms with Gasteiger partial charge in [-0.2, -0.15) is 0 Å². The number of piperidine rings is 1. The van der Waals surface area contributed by atoms with Gasteiger partial charge in [0.05, 0.1) is 26.9 Å². The van der Waals surface area contributed by atoms with Crippen molar-refractivity contribution in [2.45, 2.75) is 58.2 Å². The van der Waals surface area contributed by atoms with Crippen LogP contribution in [0, 0.1) is 0 Å². The lowest BCUT2D eigenvalue weighted by atomic mass is 9.97. The third kappa shape index (κ3) is 4.61. The first-order valence-electron chi connectivity index (χ1n) is 9.18. The molecule has 1 fully saturated rings. The zero-order valence-electron chi connectivity index (χ0n) is 16.7. The molecule has 0 unspecified atom stereocenters. The summed E-state index contributed by atoms with van der Waals surface area (Å²) >= 11 is 0. The molecular formula is C20H31NO5. The van der Waals surface area contributed by atoms with Gasteiger partial charge in [-0.15, -0.1) is 0 Å². The van der Waals surface area contributed by atoms with Gasteiger partial charge in [0.25, 0.3) is 0 Å². The van der Waals surface area contributed by atoms with Gasteiger partial charge in [0.2, 0.25) is 5.75 Å². The fraction of sp³-hybridized carbons (Fsp3) is 0.650. The zero-order valence-corrected chi connectivity index (χ0v) is 16.7. The minimum atomic E-state index is -0.394. The number of rotatable bonds is 7. The summed E-state index contributed by atoms with van der Waals surface area (Å²) in [5.41, 5.74) is 0.381. The molecule has 0 radical (unpaired) electrons. The summed E-state index contributed by atoms with van der Waals surface area (Å²) in [7, 11) is 4.57. The van der Waals surface area contributed by atoms with Crippen LogP contribution >= 0.6 is 0 Å². The number of ether oxygens (including phenoxy) is 4.